The van der Waals surface area contributed by atoms with E-state index in [9.17, 15) is 14.4 Å². The van der Waals surface area contributed by atoms with Crippen LogP contribution in [0.3, 0.4) is 0 Å². The summed E-state index contributed by atoms with van der Waals surface area (Å²) >= 11 is 6.03. The molecule has 1 aliphatic heterocycles. The lowest BCUT2D eigenvalue weighted by atomic mass is 10.1. The number of carbonyl (C=O) groups is 3. The Bertz CT molecular complexity index is 603. The number of halogens is 1. The molecule has 1 fully saturated rings. The van der Waals surface area contributed by atoms with Crippen molar-refractivity contribution >= 4 is 35.1 Å². The standard InChI is InChI=1S/C14H15ClN2O4/c1-8(18)16-9-4-5-11(15)10(7-9)13(19)17-6-2-3-12(17)14(20)21/h4-5,7,12H,2-3,6H2,1H3,(H,16,18)(H,20,21)/t12-/m1/s1. The molecule has 112 valence electrons. The van der Waals surface area contributed by atoms with Crippen LogP contribution in [0.5, 0.6) is 0 Å². The first-order chi connectivity index (χ1) is 9.90. The van der Waals surface area contributed by atoms with E-state index in [1.165, 1.54) is 24.0 Å². The van der Waals surface area contributed by atoms with Crippen molar-refractivity contribution in [3.8, 4) is 0 Å². The first-order valence-corrected chi connectivity index (χ1v) is 6.89. The third-order valence-corrected chi connectivity index (χ3v) is 3.65. The number of nitrogens with zero attached hydrogens (tertiary/aromatic N) is 1. The summed E-state index contributed by atoms with van der Waals surface area (Å²) in [5.74, 6) is -1.72. The Hall–Kier alpha value is -2.08. The van der Waals surface area contributed by atoms with Gasteiger partial charge in [0.15, 0.2) is 0 Å². The minimum absolute atomic E-state index is 0.191. The molecule has 0 bridgehead atoms. The van der Waals surface area contributed by atoms with Gasteiger partial charge in [-0.1, -0.05) is 11.6 Å². The Morgan fingerprint density at radius 1 is 1.38 bits per heavy atom. The molecule has 1 aromatic rings. The fraction of sp³-hybridized carbons (Fsp3) is 0.357. The van der Waals surface area contributed by atoms with E-state index in [1.807, 2.05) is 0 Å². The van der Waals surface area contributed by atoms with Gasteiger partial charge in [-0.15, -0.1) is 0 Å². The molecule has 0 radical (unpaired) electrons. The van der Waals surface area contributed by atoms with Gasteiger partial charge in [0.05, 0.1) is 10.6 Å². The molecule has 0 aromatic heterocycles. The molecule has 1 aliphatic rings. The summed E-state index contributed by atoms with van der Waals surface area (Å²) in [4.78, 5) is 36.0. The van der Waals surface area contributed by atoms with E-state index in [-0.39, 0.29) is 16.5 Å². The zero-order valence-electron chi connectivity index (χ0n) is 11.4. The molecule has 0 unspecified atom stereocenters. The molecule has 0 aliphatic carbocycles. The molecular weight excluding hydrogens is 296 g/mol. The molecule has 2 rings (SSSR count). The lowest BCUT2D eigenvalue weighted by molar-refractivity contribution is -0.141. The summed E-state index contributed by atoms with van der Waals surface area (Å²) in [7, 11) is 0. The van der Waals surface area contributed by atoms with Crippen molar-refractivity contribution in [2.75, 3.05) is 11.9 Å². The third-order valence-electron chi connectivity index (χ3n) is 3.32. The van der Waals surface area contributed by atoms with Crippen LogP contribution in [0.25, 0.3) is 0 Å². The van der Waals surface area contributed by atoms with E-state index in [0.29, 0.717) is 25.1 Å². The highest BCUT2D eigenvalue weighted by Crippen LogP contribution is 2.26. The Morgan fingerprint density at radius 3 is 2.71 bits per heavy atom. The van der Waals surface area contributed by atoms with Crippen LogP contribution in [0, 0.1) is 0 Å². The van der Waals surface area contributed by atoms with Crippen LogP contribution in [0.4, 0.5) is 5.69 Å². The van der Waals surface area contributed by atoms with Crippen LogP contribution in [-0.4, -0.2) is 40.4 Å². The number of rotatable bonds is 3. The van der Waals surface area contributed by atoms with Crippen molar-refractivity contribution < 1.29 is 19.5 Å². The number of hydrogen-bond acceptors (Lipinski definition) is 3. The van der Waals surface area contributed by atoms with Crippen LogP contribution in [0.1, 0.15) is 30.1 Å². The number of carbonyl (C=O) groups excluding carboxylic acids is 2. The van der Waals surface area contributed by atoms with Gasteiger partial charge in [0.1, 0.15) is 6.04 Å². The molecule has 1 heterocycles. The Kier molecular flexibility index (Phi) is 4.47. The van der Waals surface area contributed by atoms with Crippen molar-refractivity contribution in [3.63, 3.8) is 0 Å². The number of benzene rings is 1. The topological polar surface area (TPSA) is 86.7 Å². The van der Waals surface area contributed by atoms with Gasteiger partial charge in [0.25, 0.3) is 5.91 Å². The fourth-order valence-corrected chi connectivity index (χ4v) is 2.59. The predicted molar refractivity (Wildman–Crippen MR) is 77.5 cm³/mol. The van der Waals surface area contributed by atoms with Crippen molar-refractivity contribution in [1.82, 2.24) is 4.90 Å². The van der Waals surface area contributed by atoms with Crippen molar-refractivity contribution in [3.05, 3.63) is 28.8 Å². The second-order valence-electron chi connectivity index (χ2n) is 4.87. The van der Waals surface area contributed by atoms with E-state index < -0.39 is 17.9 Å². The number of likely N-dealkylation sites (tertiary alicyclic amines) is 1. The predicted octanol–water partition coefficient (Wildman–Crippen LogP) is 1.99. The number of hydrogen-bond donors (Lipinski definition) is 2. The monoisotopic (exact) mass is 310 g/mol. The third kappa shape index (κ3) is 3.33. The van der Waals surface area contributed by atoms with Gasteiger partial charge in [0, 0.05) is 19.2 Å². The SMILES string of the molecule is CC(=O)Nc1ccc(Cl)c(C(=O)N2CCC[C@@H]2C(=O)O)c1. The molecule has 2 N–H and O–H groups in total. The maximum Gasteiger partial charge on any atom is 0.326 e. The summed E-state index contributed by atoms with van der Waals surface area (Å²) in [5.41, 5.74) is 0.636. The van der Waals surface area contributed by atoms with Gasteiger partial charge in [0.2, 0.25) is 5.91 Å². The van der Waals surface area contributed by atoms with Gasteiger partial charge >= 0.3 is 5.97 Å². The lowest BCUT2D eigenvalue weighted by Gasteiger charge is -2.22. The molecule has 21 heavy (non-hydrogen) atoms. The molecule has 2 amide bonds. The molecule has 1 atom stereocenters. The zero-order valence-corrected chi connectivity index (χ0v) is 12.2. The Morgan fingerprint density at radius 2 is 2.10 bits per heavy atom. The Balaban J connectivity index is 2.29. The van der Waals surface area contributed by atoms with Crippen LogP contribution in [0.2, 0.25) is 5.02 Å². The lowest BCUT2D eigenvalue weighted by Crippen LogP contribution is -2.40. The van der Waals surface area contributed by atoms with E-state index in [4.69, 9.17) is 16.7 Å². The number of carboxylic acid groups (broad SMARTS) is 1. The minimum Gasteiger partial charge on any atom is -0.480 e. The van der Waals surface area contributed by atoms with Gasteiger partial charge in [-0.2, -0.15) is 0 Å². The number of carboxylic acids is 1. The summed E-state index contributed by atoms with van der Waals surface area (Å²) < 4.78 is 0. The molecule has 0 spiro atoms. The molecular formula is C14H15ClN2O4. The summed E-state index contributed by atoms with van der Waals surface area (Å²) in [6.45, 7) is 1.74. The number of amides is 2. The van der Waals surface area contributed by atoms with Crippen molar-refractivity contribution in [2.45, 2.75) is 25.8 Å². The number of nitrogens with one attached hydrogen (secondary N) is 1. The maximum absolute atomic E-state index is 12.5. The van der Waals surface area contributed by atoms with Gasteiger partial charge in [-0.3, -0.25) is 9.59 Å². The molecule has 0 saturated carbocycles. The van der Waals surface area contributed by atoms with Gasteiger partial charge in [-0.05, 0) is 31.0 Å². The largest absolute Gasteiger partial charge is 0.480 e. The van der Waals surface area contributed by atoms with Crippen LogP contribution >= 0.6 is 11.6 Å². The fourth-order valence-electron chi connectivity index (χ4n) is 2.39. The van der Waals surface area contributed by atoms with Crippen molar-refractivity contribution in [2.24, 2.45) is 0 Å². The highest BCUT2D eigenvalue weighted by molar-refractivity contribution is 6.34. The highest BCUT2D eigenvalue weighted by atomic mass is 35.5. The second kappa shape index (κ2) is 6.13. The number of anilines is 1. The van der Waals surface area contributed by atoms with Crippen LogP contribution in [0.15, 0.2) is 18.2 Å². The van der Waals surface area contributed by atoms with E-state index in [2.05, 4.69) is 5.32 Å². The van der Waals surface area contributed by atoms with E-state index in [0.717, 1.165) is 0 Å². The summed E-state index contributed by atoms with van der Waals surface area (Å²) in [6, 6.07) is 3.73. The van der Waals surface area contributed by atoms with E-state index in [1.54, 1.807) is 6.07 Å². The molecule has 1 aromatic carbocycles. The van der Waals surface area contributed by atoms with Gasteiger partial charge < -0.3 is 15.3 Å². The smallest absolute Gasteiger partial charge is 0.326 e. The summed E-state index contributed by atoms with van der Waals surface area (Å²) in [5, 5.41) is 11.9. The molecule has 1 saturated heterocycles. The molecule has 6 nitrogen and oxygen atoms in total. The van der Waals surface area contributed by atoms with Gasteiger partial charge in [-0.25, -0.2) is 4.79 Å². The maximum atomic E-state index is 12.5. The first kappa shape index (κ1) is 15.3. The summed E-state index contributed by atoms with van der Waals surface area (Å²) in [6.07, 6.45) is 1.08. The van der Waals surface area contributed by atoms with Crippen molar-refractivity contribution in [1.29, 1.82) is 0 Å². The van der Waals surface area contributed by atoms with Crippen LogP contribution in [-0.2, 0) is 9.59 Å². The average Bonchev–Trinajstić information content (AvgIpc) is 2.89. The first-order valence-electron chi connectivity index (χ1n) is 6.51. The molecule has 7 heteroatoms. The average molecular weight is 311 g/mol. The normalized spacial score (nSPS) is 17.6. The minimum atomic E-state index is -1.02. The second-order valence-corrected chi connectivity index (χ2v) is 5.28. The number of aliphatic carboxylic acids is 1. The van der Waals surface area contributed by atoms with Crippen LogP contribution < -0.4 is 5.32 Å². The quantitative estimate of drug-likeness (QED) is 0.894. The highest BCUT2D eigenvalue weighted by Gasteiger charge is 2.35. The zero-order chi connectivity index (χ0) is 15.6. The van der Waals surface area contributed by atoms with E-state index >= 15 is 0 Å². The Labute approximate surface area is 126 Å².